The second-order valence-electron chi connectivity index (χ2n) is 4.71. The van der Waals surface area contributed by atoms with Crippen molar-refractivity contribution >= 4 is 5.97 Å². The summed E-state index contributed by atoms with van der Waals surface area (Å²) in [6.45, 7) is 0.481. The fourth-order valence-electron chi connectivity index (χ4n) is 2.46. The molecule has 2 aromatic carbocycles. The van der Waals surface area contributed by atoms with E-state index in [1.807, 2.05) is 24.3 Å². The number of hydrogen-bond acceptors (Lipinski definition) is 4. The summed E-state index contributed by atoms with van der Waals surface area (Å²) in [5.41, 5.74) is 9.70. The van der Waals surface area contributed by atoms with E-state index in [0.29, 0.717) is 17.9 Å². The lowest BCUT2D eigenvalue weighted by molar-refractivity contribution is 0.0600. The van der Waals surface area contributed by atoms with Gasteiger partial charge in [-0.05, 0) is 29.3 Å². The van der Waals surface area contributed by atoms with Gasteiger partial charge in [-0.25, -0.2) is 4.79 Å². The number of ether oxygens (including phenoxy) is 2. The Kier molecular flexibility index (Phi) is 3.16. The maximum Gasteiger partial charge on any atom is 0.337 e. The quantitative estimate of drug-likeness (QED) is 0.808. The summed E-state index contributed by atoms with van der Waals surface area (Å²) in [5, 5.41) is 0. The minimum absolute atomic E-state index is 0.312. The molecular formula is C16H15NO3. The Hall–Kier alpha value is -2.33. The van der Waals surface area contributed by atoms with Crippen molar-refractivity contribution in [3.63, 3.8) is 0 Å². The zero-order valence-electron chi connectivity index (χ0n) is 11.1. The van der Waals surface area contributed by atoms with Crippen LogP contribution < -0.4 is 10.5 Å². The first-order chi connectivity index (χ1) is 9.70. The van der Waals surface area contributed by atoms with Crippen LogP contribution in [-0.4, -0.2) is 13.1 Å². The first kappa shape index (κ1) is 12.7. The average molecular weight is 269 g/mol. The van der Waals surface area contributed by atoms with Crippen molar-refractivity contribution in [1.82, 2.24) is 0 Å². The minimum Gasteiger partial charge on any atom is -0.489 e. The number of rotatable bonds is 1. The van der Waals surface area contributed by atoms with Gasteiger partial charge in [0.2, 0.25) is 0 Å². The average Bonchev–Trinajstić information content (AvgIpc) is 2.64. The Morgan fingerprint density at radius 3 is 2.85 bits per heavy atom. The van der Waals surface area contributed by atoms with Gasteiger partial charge < -0.3 is 15.2 Å². The predicted molar refractivity (Wildman–Crippen MR) is 74.6 cm³/mol. The molecule has 1 heterocycles. The molecule has 102 valence electrons. The molecular weight excluding hydrogens is 254 g/mol. The highest BCUT2D eigenvalue weighted by molar-refractivity contribution is 5.89. The van der Waals surface area contributed by atoms with Crippen molar-refractivity contribution in [2.24, 2.45) is 5.73 Å². The third-order valence-electron chi connectivity index (χ3n) is 3.54. The Labute approximate surface area is 117 Å². The van der Waals surface area contributed by atoms with Gasteiger partial charge in [0, 0.05) is 5.56 Å². The molecule has 1 aliphatic heterocycles. The van der Waals surface area contributed by atoms with Gasteiger partial charge in [-0.1, -0.05) is 24.3 Å². The van der Waals surface area contributed by atoms with Crippen molar-refractivity contribution in [3.05, 3.63) is 64.7 Å². The SMILES string of the molecule is COC(=O)c1ccc2c(c1)C(N)c1ccccc1CO2. The van der Waals surface area contributed by atoms with Gasteiger partial charge in [0.25, 0.3) is 0 Å². The van der Waals surface area contributed by atoms with Gasteiger partial charge >= 0.3 is 5.97 Å². The largest absolute Gasteiger partial charge is 0.489 e. The molecule has 0 radical (unpaired) electrons. The van der Waals surface area contributed by atoms with Crippen LogP contribution in [0.4, 0.5) is 0 Å². The summed E-state index contributed by atoms with van der Waals surface area (Å²) < 4.78 is 10.5. The summed E-state index contributed by atoms with van der Waals surface area (Å²) >= 11 is 0. The summed E-state index contributed by atoms with van der Waals surface area (Å²) in [4.78, 5) is 11.6. The highest BCUT2D eigenvalue weighted by Gasteiger charge is 2.22. The predicted octanol–water partition coefficient (Wildman–Crippen LogP) is 2.41. The number of fused-ring (bicyclic) bond motifs is 2. The number of carbonyl (C=O) groups is 1. The number of hydrogen-bond donors (Lipinski definition) is 1. The van der Waals surface area contributed by atoms with Gasteiger partial charge in [0.1, 0.15) is 12.4 Å². The van der Waals surface area contributed by atoms with E-state index in [1.54, 1.807) is 18.2 Å². The first-order valence-electron chi connectivity index (χ1n) is 6.39. The number of methoxy groups -OCH3 is 1. The number of nitrogens with two attached hydrogens (primary N) is 1. The molecule has 0 spiro atoms. The Morgan fingerprint density at radius 1 is 1.25 bits per heavy atom. The molecule has 1 unspecified atom stereocenters. The van der Waals surface area contributed by atoms with Crippen molar-refractivity contribution in [3.8, 4) is 5.75 Å². The van der Waals surface area contributed by atoms with Crippen LogP contribution in [0.1, 0.15) is 33.1 Å². The number of esters is 1. The molecule has 0 aliphatic carbocycles. The van der Waals surface area contributed by atoms with Gasteiger partial charge in [-0.15, -0.1) is 0 Å². The summed E-state index contributed by atoms with van der Waals surface area (Å²) in [7, 11) is 1.36. The Morgan fingerprint density at radius 2 is 2.05 bits per heavy atom. The highest BCUT2D eigenvalue weighted by Crippen LogP contribution is 2.34. The normalized spacial score (nSPS) is 16.4. The summed E-state index contributed by atoms with van der Waals surface area (Å²) in [6.07, 6.45) is 0. The molecule has 0 bridgehead atoms. The number of benzene rings is 2. The van der Waals surface area contributed by atoms with Crippen LogP contribution in [0.2, 0.25) is 0 Å². The van der Waals surface area contributed by atoms with Crippen molar-refractivity contribution in [2.75, 3.05) is 7.11 Å². The van der Waals surface area contributed by atoms with E-state index in [1.165, 1.54) is 7.11 Å². The first-order valence-corrected chi connectivity index (χ1v) is 6.39. The fraction of sp³-hybridized carbons (Fsp3) is 0.188. The van der Waals surface area contributed by atoms with Gasteiger partial charge in [-0.2, -0.15) is 0 Å². The van der Waals surface area contributed by atoms with Crippen molar-refractivity contribution in [2.45, 2.75) is 12.6 Å². The molecule has 3 rings (SSSR count). The third kappa shape index (κ3) is 2.04. The van der Waals surface area contributed by atoms with Crippen LogP contribution in [0, 0.1) is 0 Å². The topological polar surface area (TPSA) is 61.5 Å². The molecule has 20 heavy (non-hydrogen) atoms. The molecule has 2 aromatic rings. The van der Waals surface area contributed by atoms with Crippen LogP contribution >= 0.6 is 0 Å². The molecule has 1 atom stereocenters. The lowest BCUT2D eigenvalue weighted by atomic mass is 9.95. The van der Waals surface area contributed by atoms with Gasteiger partial charge in [0.15, 0.2) is 0 Å². The molecule has 1 aliphatic rings. The van der Waals surface area contributed by atoms with E-state index < -0.39 is 0 Å². The second kappa shape index (κ2) is 4.98. The summed E-state index contributed by atoms with van der Waals surface area (Å²) in [5.74, 6) is 0.332. The van der Waals surface area contributed by atoms with Crippen LogP contribution in [0.3, 0.4) is 0 Å². The van der Waals surface area contributed by atoms with Crippen molar-refractivity contribution < 1.29 is 14.3 Å². The van der Waals surface area contributed by atoms with Crippen LogP contribution in [0.5, 0.6) is 5.75 Å². The van der Waals surface area contributed by atoms with Crippen LogP contribution in [0.15, 0.2) is 42.5 Å². The lowest BCUT2D eigenvalue weighted by Gasteiger charge is -2.14. The highest BCUT2D eigenvalue weighted by atomic mass is 16.5. The van der Waals surface area contributed by atoms with E-state index in [9.17, 15) is 4.79 Å². The van der Waals surface area contributed by atoms with Gasteiger partial charge in [-0.3, -0.25) is 0 Å². The summed E-state index contributed by atoms with van der Waals surface area (Å²) in [6, 6.07) is 12.8. The molecule has 0 amide bonds. The molecule has 0 fully saturated rings. The molecule has 0 saturated carbocycles. The maximum atomic E-state index is 11.6. The lowest BCUT2D eigenvalue weighted by Crippen LogP contribution is -2.13. The van der Waals surface area contributed by atoms with E-state index in [-0.39, 0.29) is 12.0 Å². The zero-order chi connectivity index (χ0) is 14.1. The standard InChI is InChI=1S/C16H15NO3/c1-19-16(18)10-6-7-14-13(8-10)15(17)12-5-3-2-4-11(12)9-20-14/h2-8,15H,9,17H2,1H3. The number of carbonyl (C=O) groups excluding carboxylic acids is 1. The maximum absolute atomic E-state index is 11.6. The Bertz CT molecular complexity index is 667. The molecule has 4 heteroatoms. The minimum atomic E-state index is -0.377. The Balaban J connectivity index is 2.11. The van der Waals surface area contributed by atoms with E-state index in [2.05, 4.69) is 0 Å². The smallest absolute Gasteiger partial charge is 0.337 e. The molecule has 2 N–H and O–H groups in total. The fourth-order valence-corrected chi connectivity index (χ4v) is 2.46. The van der Waals surface area contributed by atoms with Crippen LogP contribution in [0.25, 0.3) is 0 Å². The monoisotopic (exact) mass is 269 g/mol. The van der Waals surface area contributed by atoms with E-state index >= 15 is 0 Å². The third-order valence-corrected chi connectivity index (χ3v) is 3.54. The molecule has 4 nitrogen and oxygen atoms in total. The van der Waals surface area contributed by atoms with E-state index in [0.717, 1.165) is 16.7 Å². The second-order valence-corrected chi connectivity index (χ2v) is 4.71. The van der Waals surface area contributed by atoms with E-state index in [4.69, 9.17) is 15.2 Å². The van der Waals surface area contributed by atoms with Crippen LogP contribution in [-0.2, 0) is 11.3 Å². The molecule has 0 aromatic heterocycles. The molecule has 0 saturated heterocycles. The van der Waals surface area contributed by atoms with Crippen molar-refractivity contribution in [1.29, 1.82) is 0 Å². The zero-order valence-corrected chi connectivity index (χ0v) is 11.1. The van der Waals surface area contributed by atoms with Gasteiger partial charge in [0.05, 0.1) is 18.7 Å².